The zero-order valence-corrected chi connectivity index (χ0v) is 12.8. The van der Waals surface area contributed by atoms with Gasteiger partial charge in [0.15, 0.2) is 6.29 Å². The minimum atomic E-state index is 0.625. The molecule has 3 nitrogen and oxygen atoms in total. The predicted octanol–water partition coefficient (Wildman–Crippen LogP) is 4.92. The van der Waals surface area contributed by atoms with Crippen molar-refractivity contribution in [2.75, 3.05) is 12.4 Å². The van der Waals surface area contributed by atoms with Crippen molar-refractivity contribution in [1.82, 2.24) is 0 Å². The van der Waals surface area contributed by atoms with E-state index < -0.39 is 0 Å². The number of benzene rings is 3. The van der Waals surface area contributed by atoms with Crippen LogP contribution in [0.25, 0.3) is 11.1 Å². The largest absolute Gasteiger partial charge is 0.497 e. The molecule has 0 aliphatic rings. The Balaban J connectivity index is 1.94. The van der Waals surface area contributed by atoms with Gasteiger partial charge in [0.1, 0.15) is 5.75 Å². The van der Waals surface area contributed by atoms with Crippen molar-refractivity contribution in [2.45, 2.75) is 0 Å². The van der Waals surface area contributed by atoms with Gasteiger partial charge in [0, 0.05) is 16.9 Å². The second-order valence-electron chi connectivity index (χ2n) is 5.14. The summed E-state index contributed by atoms with van der Waals surface area (Å²) in [6, 6.07) is 23.5. The van der Waals surface area contributed by atoms with Gasteiger partial charge in [0.2, 0.25) is 0 Å². The van der Waals surface area contributed by atoms with Gasteiger partial charge < -0.3 is 10.1 Å². The van der Waals surface area contributed by atoms with Crippen molar-refractivity contribution in [3.8, 4) is 16.9 Å². The van der Waals surface area contributed by atoms with Crippen LogP contribution >= 0.6 is 0 Å². The number of rotatable bonds is 5. The zero-order chi connectivity index (χ0) is 16.1. The van der Waals surface area contributed by atoms with Crippen molar-refractivity contribution in [3.05, 3.63) is 78.4 Å². The molecule has 114 valence electrons. The van der Waals surface area contributed by atoms with Gasteiger partial charge in [0.05, 0.1) is 7.11 Å². The molecule has 0 spiro atoms. The van der Waals surface area contributed by atoms with E-state index in [0.29, 0.717) is 5.56 Å². The van der Waals surface area contributed by atoms with E-state index in [1.807, 2.05) is 72.8 Å². The Bertz CT molecular complexity index is 796. The first kappa shape index (κ1) is 14.9. The van der Waals surface area contributed by atoms with E-state index in [9.17, 15) is 4.79 Å². The van der Waals surface area contributed by atoms with Crippen molar-refractivity contribution in [3.63, 3.8) is 0 Å². The monoisotopic (exact) mass is 303 g/mol. The first-order valence-electron chi connectivity index (χ1n) is 7.36. The fourth-order valence-electron chi connectivity index (χ4n) is 2.41. The standard InChI is InChI=1S/C20H17NO2/c1-23-19-11-9-18(10-12-19)21-20-13-16(7-8-17(20)14-22)15-5-3-2-4-6-15/h2-14,21H,1H3. The molecule has 23 heavy (non-hydrogen) atoms. The number of ether oxygens (including phenoxy) is 1. The van der Waals surface area contributed by atoms with E-state index in [1.165, 1.54) is 0 Å². The van der Waals surface area contributed by atoms with Crippen LogP contribution in [-0.4, -0.2) is 13.4 Å². The summed E-state index contributed by atoms with van der Waals surface area (Å²) in [5, 5.41) is 3.30. The number of anilines is 2. The van der Waals surface area contributed by atoms with E-state index in [-0.39, 0.29) is 0 Å². The van der Waals surface area contributed by atoms with Crippen LogP contribution in [0.5, 0.6) is 5.75 Å². The number of carbonyl (C=O) groups excluding carboxylic acids is 1. The van der Waals surface area contributed by atoms with Crippen LogP contribution in [0, 0.1) is 0 Å². The third-order valence-electron chi connectivity index (χ3n) is 3.66. The van der Waals surface area contributed by atoms with Gasteiger partial charge in [-0.3, -0.25) is 4.79 Å². The Morgan fingerprint density at radius 3 is 2.26 bits per heavy atom. The van der Waals surface area contributed by atoms with Gasteiger partial charge >= 0.3 is 0 Å². The highest BCUT2D eigenvalue weighted by atomic mass is 16.5. The van der Waals surface area contributed by atoms with E-state index in [1.54, 1.807) is 7.11 Å². The molecule has 1 N–H and O–H groups in total. The van der Waals surface area contributed by atoms with Crippen molar-refractivity contribution >= 4 is 17.7 Å². The quantitative estimate of drug-likeness (QED) is 0.680. The average molecular weight is 303 g/mol. The van der Waals surface area contributed by atoms with Crippen LogP contribution in [0.1, 0.15) is 10.4 Å². The van der Waals surface area contributed by atoms with E-state index in [0.717, 1.165) is 34.5 Å². The minimum Gasteiger partial charge on any atom is -0.497 e. The molecule has 0 bridgehead atoms. The number of nitrogens with one attached hydrogen (secondary N) is 1. The van der Waals surface area contributed by atoms with Crippen LogP contribution < -0.4 is 10.1 Å². The Kier molecular flexibility index (Phi) is 4.39. The normalized spacial score (nSPS) is 10.1. The molecule has 0 fully saturated rings. The van der Waals surface area contributed by atoms with Gasteiger partial charge in [-0.2, -0.15) is 0 Å². The van der Waals surface area contributed by atoms with Gasteiger partial charge in [-0.25, -0.2) is 0 Å². The molecule has 0 heterocycles. The summed E-state index contributed by atoms with van der Waals surface area (Å²) in [5.74, 6) is 0.796. The molecule has 0 unspecified atom stereocenters. The number of methoxy groups -OCH3 is 1. The van der Waals surface area contributed by atoms with Gasteiger partial charge in [-0.05, 0) is 47.5 Å². The Hall–Kier alpha value is -3.07. The molecule has 0 aliphatic carbocycles. The van der Waals surface area contributed by atoms with Crippen LogP contribution in [0.2, 0.25) is 0 Å². The summed E-state index contributed by atoms with van der Waals surface area (Å²) in [6.45, 7) is 0. The maximum atomic E-state index is 11.3. The van der Waals surface area contributed by atoms with Crippen molar-refractivity contribution < 1.29 is 9.53 Å². The Morgan fingerprint density at radius 1 is 0.870 bits per heavy atom. The summed E-state index contributed by atoms with van der Waals surface area (Å²) in [6.07, 6.45) is 0.862. The van der Waals surface area contributed by atoms with Crippen LogP contribution in [0.4, 0.5) is 11.4 Å². The van der Waals surface area contributed by atoms with Gasteiger partial charge in [0.25, 0.3) is 0 Å². The molecule has 0 aliphatic heterocycles. The first-order chi connectivity index (χ1) is 11.3. The molecule has 0 saturated carbocycles. The van der Waals surface area contributed by atoms with E-state index >= 15 is 0 Å². The van der Waals surface area contributed by atoms with E-state index in [2.05, 4.69) is 5.32 Å². The van der Waals surface area contributed by atoms with Crippen LogP contribution in [-0.2, 0) is 0 Å². The minimum absolute atomic E-state index is 0.625. The van der Waals surface area contributed by atoms with Gasteiger partial charge in [-0.15, -0.1) is 0 Å². The highest BCUT2D eigenvalue weighted by molar-refractivity contribution is 5.88. The maximum Gasteiger partial charge on any atom is 0.152 e. The molecular formula is C20H17NO2. The lowest BCUT2D eigenvalue weighted by Crippen LogP contribution is -1.96. The molecule has 3 heteroatoms. The fourth-order valence-corrected chi connectivity index (χ4v) is 2.41. The molecule has 0 atom stereocenters. The predicted molar refractivity (Wildman–Crippen MR) is 93.5 cm³/mol. The maximum absolute atomic E-state index is 11.3. The molecule has 0 amide bonds. The second kappa shape index (κ2) is 6.79. The molecule has 0 radical (unpaired) electrons. The van der Waals surface area contributed by atoms with Crippen LogP contribution in [0.15, 0.2) is 72.8 Å². The third-order valence-corrected chi connectivity index (χ3v) is 3.66. The van der Waals surface area contributed by atoms with Crippen molar-refractivity contribution in [2.24, 2.45) is 0 Å². The summed E-state index contributed by atoms with van der Waals surface area (Å²) in [7, 11) is 1.64. The zero-order valence-electron chi connectivity index (χ0n) is 12.8. The third kappa shape index (κ3) is 3.40. The average Bonchev–Trinajstić information content (AvgIpc) is 2.63. The lowest BCUT2D eigenvalue weighted by Gasteiger charge is -2.12. The number of aldehydes is 1. The highest BCUT2D eigenvalue weighted by Gasteiger charge is 2.06. The number of hydrogen-bond acceptors (Lipinski definition) is 3. The highest BCUT2D eigenvalue weighted by Crippen LogP contribution is 2.28. The molecule has 3 rings (SSSR count). The van der Waals surface area contributed by atoms with Gasteiger partial charge in [-0.1, -0.05) is 36.4 Å². The molecule has 3 aromatic rings. The Morgan fingerprint density at radius 2 is 1.61 bits per heavy atom. The summed E-state index contributed by atoms with van der Waals surface area (Å²) in [4.78, 5) is 11.3. The van der Waals surface area contributed by atoms with Crippen molar-refractivity contribution in [1.29, 1.82) is 0 Å². The SMILES string of the molecule is COc1ccc(Nc2cc(-c3ccccc3)ccc2C=O)cc1. The number of hydrogen-bond donors (Lipinski definition) is 1. The second-order valence-corrected chi connectivity index (χ2v) is 5.14. The molecule has 3 aromatic carbocycles. The lowest BCUT2D eigenvalue weighted by atomic mass is 10.0. The summed E-state index contributed by atoms with van der Waals surface area (Å²) < 4.78 is 5.16. The number of carbonyl (C=O) groups is 1. The molecule has 0 aromatic heterocycles. The van der Waals surface area contributed by atoms with E-state index in [4.69, 9.17) is 4.74 Å². The Labute approximate surface area is 135 Å². The molecular weight excluding hydrogens is 286 g/mol. The lowest BCUT2D eigenvalue weighted by molar-refractivity contribution is 0.112. The summed E-state index contributed by atoms with van der Waals surface area (Å²) in [5.41, 5.74) is 4.49. The summed E-state index contributed by atoms with van der Waals surface area (Å²) >= 11 is 0. The van der Waals surface area contributed by atoms with Crippen LogP contribution in [0.3, 0.4) is 0 Å². The molecule has 0 saturated heterocycles. The topological polar surface area (TPSA) is 38.3 Å². The smallest absolute Gasteiger partial charge is 0.152 e. The first-order valence-corrected chi connectivity index (χ1v) is 7.36. The fraction of sp³-hybridized carbons (Fsp3) is 0.0500.